The van der Waals surface area contributed by atoms with Crippen molar-refractivity contribution in [1.82, 2.24) is 0 Å². The average molecular weight is 281 g/mol. The van der Waals surface area contributed by atoms with Gasteiger partial charge in [-0.05, 0) is 18.4 Å². The topological polar surface area (TPSA) is 64.3 Å². The number of carbonyl (C=O) groups excluding carboxylic acids is 1. The van der Waals surface area contributed by atoms with Gasteiger partial charge in [0.1, 0.15) is 5.75 Å². The number of methoxy groups -OCH3 is 1. The first-order valence-corrected chi connectivity index (χ1v) is 5.75. The highest BCUT2D eigenvalue weighted by Crippen LogP contribution is 2.29. The number of anilines is 1. The van der Waals surface area contributed by atoms with E-state index in [1.54, 1.807) is 20.1 Å². The fourth-order valence-electron chi connectivity index (χ4n) is 1.77. The van der Waals surface area contributed by atoms with Crippen LogP contribution in [0, 0.1) is 0 Å². The highest BCUT2D eigenvalue weighted by atomic mass is 35.5. The summed E-state index contributed by atoms with van der Waals surface area (Å²) in [6.45, 7) is 1.65. The molecular weight excluding hydrogens is 264 g/mol. The van der Waals surface area contributed by atoms with Gasteiger partial charge in [-0.2, -0.15) is 0 Å². The maximum absolute atomic E-state index is 11.6. The fraction of sp³-hybridized carbons (Fsp3) is 0.214. The summed E-state index contributed by atoms with van der Waals surface area (Å²) in [6.07, 6.45) is 0. The fourth-order valence-corrected chi connectivity index (χ4v) is 1.77. The van der Waals surface area contributed by atoms with Gasteiger partial charge in [-0.25, -0.2) is 0 Å². The Morgan fingerprint density at radius 1 is 1.32 bits per heavy atom. The zero-order chi connectivity index (χ0) is 13.1. The lowest BCUT2D eigenvalue weighted by Crippen LogP contribution is -2.32. The molecule has 0 fully saturated rings. The monoisotopic (exact) mass is 280 g/mol. The second-order valence-electron chi connectivity index (χ2n) is 4.18. The minimum absolute atomic E-state index is 0. The zero-order valence-corrected chi connectivity index (χ0v) is 11.7. The van der Waals surface area contributed by atoms with Crippen LogP contribution in [0.1, 0.15) is 6.92 Å². The third-order valence-corrected chi connectivity index (χ3v) is 2.72. The van der Waals surface area contributed by atoms with Crippen LogP contribution in [0.15, 0.2) is 36.4 Å². The molecule has 0 aliphatic carbocycles. The number of rotatable bonds is 3. The van der Waals surface area contributed by atoms with E-state index in [4.69, 9.17) is 10.5 Å². The SMILES string of the molecule is COc1cc(NC(=O)[C@@H](C)N)cc2ccccc12.Cl. The van der Waals surface area contributed by atoms with E-state index in [1.165, 1.54) is 0 Å². The Hall–Kier alpha value is -1.78. The van der Waals surface area contributed by atoms with Crippen molar-refractivity contribution in [2.75, 3.05) is 12.4 Å². The number of ether oxygens (including phenoxy) is 1. The second kappa shape index (κ2) is 6.41. The molecule has 19 heavy (non-hydrogen) atoms. The maximum Gasteiger partial charge on any atom is 0.241 e. The summed E-state index contributed by atoms with van der Waals surface area (Å²) in [5.41, 5.74) is 6.21. The molecule has 0 saturated carbocycles. The first-order chi connectivity index (χ1) is 8.61. The molecule has 2 rings (SSSR count). The van der Waals surface area contributed by atoms with Gasteiger partial charge in [-0.15, -0.1) is 12.4 Å². The predicted octanol–water partition coefficient (Wildman–Crippen LogP) is 2.56. The van der Waals surface area contributed by atoms with E-state index in [0.717, 1.165) is 16.5 Å². The molecule has 0 saturated heterocycles. The van der Waals surface area contributed by atoms with Crippen LogP contribution in [0.5, 0.6) is 5.75 Å². The van der Waals surface area contributed by atoms with E-state index >= 15 is 0 Å². The van der Waals surface area contributed by atoms with Gasteiger partial charge >= 0.3 is 0 Å². The number of benzene rings is 2. The highest BCUT2D eigenvalue weighted by Gasteiger charge is 2.10. The van der Waals surface area contributed by atoms with Gasteiger partial charge in [-0.3, -0.25) is 4.79 Å². The summed E-state index contributed by atoms with van der Waals surface area (Å²) < 4.78 is 5.33. The Kier molecular flexibility index (Phi) is 5.15. The van der Waals surface area contributed by atoms with Crippen LogP contribution in [0.3, 0.4) is 0 Å². The Labute approximate surface area is 118 Å². The number of nitrogens with two attached hydrogens (primary N) is 1. The minimum Gasteiger partial charge on any atom is -0.496 e. The minimum atomic E-state index is -0.539. The lowest BCUT2D eigenvalue weighted by Gasteiger charge is -2.11. The van der Waals surface area contributed by atoms with Gasteiger partial charge in [0.15, 0.2) is 0 Å². The summed E-state index contributed by atoms with van der Waals surface area (Å²) >= 11 is 0. The molecule has 1 amide bonds. The summed E-state index contributed by atoms with van der Waals surface area (Å²) in [6, 6.07) is 11.0. The number of amides is 1. The Bertz CT molecular complexity index is 585. The molecule has 0 bridgehead atoms. The molecule has 0 aliphatic rings. The van der Waals surface area contributed by atoms with Crippen LogP contribution in [0.25, 0.3) is 10.8 Å². The number of halogens is 1. The predicted molar refractivity (Wildman–Crippen MR) is 80.0 cm³/mol. The van der Waals surface area contributed by atoms with Gasteiger partial charge in [0.05, 0.1) is 13.2 Å². The number of nitrogens with one attached hydrogen (secondary N) is 1. The lowest BCUT2D eigenvalue weighted by molar-refractivity contribution is -0.117. The molecule has 5 heteroatoms. The summed E-state index contributed by atoms with van der Waals surface area (Å²) in [5.74, 6) is 0.514. The molecule has 2 aromatic carbocycles. The van der Waals surface area contributed by atoms with E-state index in [2.05, 4.69) is 5.32 Å². The van der Waals surface area contributed by atoms with Crippen LogP contribution in [-0.2, 0) is 4.79 Å². The maximum atomic E-state index is 11.6. The molecule has 0 aliphatic heterocycles. The largest absolute Gasteiger partial charge is 0.496 e. The molecule has 0 unspecified atom stereocenters. The molecule has 2 aromatic rings. The smallest absolute Gasteiger partial charge is 0.241 e. The van der Waals surface area contributed by atoms with E-state index in [1.807, 2.05) is 30.3 Å². The van der Waals surface area contributed by atoms with E-state index in [9.17, 15) is 4.79 Å². The standard InChI is InChI=1S/C14H16N2O2.ClH/c1-9(15)14(17)16-11-7-10-5-3-4-6-12(10)13(8-11)18-2;/h3-9H,15H2,1-2H3,(H,16,17);1H/t9-;/m1./s1. The number of carbonyl (C=O) groups is 1. The van der Waals surface area contributed by atoms with Gasteiger partial charge in [0.25, 0.3) is 0 Å². The van der Waals surface area contributed by atoms with Crippen molar-refractivity contribution in [3.63, 3.8) is 0 Å². The first kappa shape index (κ1) is 15.3. The van der Waals surface area contributed by atoms with Gasteiger partial charge in [0, 0.05) is 17.1 Å². The molecule has 3 N–H and O–H groups in total. The molecule has 0 radical (unpaired) electrons. The van der Waals surface area contributed by atoms with Crippen LogP contribution in [0.2, 0.25) is 0 Å². The lowest BCUT2D eigenvalue weighted by atomic mass is 10.1. The van der Waals surface area contributed by atoms with Gasteiger partial charge < -0.3 is 15.8 Å². The van der Waals surface area contributed by atoms with Crippen LogP contribution < -0.4 is 15.8 Å². The third kappa shape index (κ3) is 3.36. The summed E-state index contributed by atoms with van der Waals surface area (Å²) in [4.78, 5) is 11.6. The van der Waals surface area contributed by atoms with E-state index < -0.39 is 6.04 Å². The molecular formula is C14H17ClN2O2. The van der Waals surface area contributed by atoms with Crippen molar-refractivity contribution in [2.24, 2.45) is 5.73 Å². The highest BCUT2D eigenvalue weighted by molar-refractivity contribution is 5.98. The molecule has 0 aromatic heterocycles. The van der Waals surface area contributed by atoms with Crippen molar-refractivity contribution in [1.29, 1.82) is 0 Å². The summed E-state index contributed by atoms with van der Waals surface area (Å²) in [7, 11) is 1.61. The van der Waals surface area contributed by atoms with Crippen molar-refractivity contribution in [3.05, 3.63) is 36.4 Å². The summed E-state index contributed by atoms with van der Waals surface area (Å²) in [5, 5.41) is 4.79. The van der Waals surface area contributed by atoms with E-state index in [-0.39, 0.29) is 18.3 Å². The normalized spacial score (nSPS) is 11.5. The van der Waals surface area contributed by atoms with E-state index in [0.29, 0.717) is 5.69 Å². The average Bonchev–Trinajstić information content (AvgIpc) is 2.37. The van der Waals surface area contributed by atoms with Crippen LogP contribution in [0.4, 0.5) is 5.69 Å². The molecule has 0 heterocycles. The van der Waals surface area contributed by atoms with Gasteiger partial charge in [-0.1, -0.05) is 24.3 Å². The molecule has 0 spiro atoms. The third-order valence-electron chi connectivity index (χ3n) is 2.72. The number of hydrogen-bond donors (Lipinski definition) is 2. The first-order valence-electron chi connectivity index (χ1n) is 5.75. The van der Waals surface area contributed by atoms with Crippen LogP contribution in [-0.4, -0.2) is 19.1 Å². The quantitative estimate of drug-likeness (QED) is 0.908. The van der Waals surface area contributed by atoms with Crippen LogP contribution >= 0.6 is 12.4 Å². The van der Waals surface area contributed by atoms with Gasteiger partial charge in [0.2, 0.25) is 5.91 Å². The van der Waals surface area contributed by atoms with Crippen molar-refractivity contribution >= 4 is 34.8 Å². The van der Waals surface area contributed by atoms with Crippen molar-refractivity contribution in [2.45, 2.75) is 13.0 Å². The Morgan fingerprint density at radius 2 is 2.00 bits per heavy atom. The number of hydrogen-bond acceptors (Lipinski definition) is 3. The zero-order valence-electron chi connectivity index (χ0n) is 10.8. The molecule has 102 valence electrons. The van der Waals surface area contributed by atoms with Crippen molar-refractivity contribution in [3.8, 4) is 5.75 Å². The Morgan fingerprint density at radius 3 is 2.63 bits per heavy atom. The Balaban J connectivity index is 0.00000180. The number of fused-ring (bicyclic) bond motifs is 1. The molecule has 4 nitrogen and oxygen atoms in total. The van der Waals surface area contributed by atoms with Crippen molar-refractivity contribution < 1.29 is 9.53 Å². The second-order valence-corrected chi connectivity index (χ2v) is 4.18. The molecule has 1 atom stereocenters.